The van der Waals surface area contributed by atoms with Crippen LogP contribution in [-0.2, 0) is 68.9 Å². The fourth-order valence-electron chi connectivity index (χ4n) is 17.1. The van der Waals surface area contributed by atoms with Gasteiger partial charge in [0.25, 0.3) is 5.91 Å². The van der Waals surface area contributed by atoms with Crippen molar-refractivity contribution in [3.63, 3.8) is 0 Å². The Morgan fingerprint density at radius 2 is 0.676 bits per heavy atom. The number of nitrogens with zero attached hydrogens (tertiary/aromatic N) is 10. The molecule has 10 saturated heterocycles. The minimum atomic E-state index is -1.56. The fourth-order valence-corrected chi connectivity index (χ4v) is 19.0. The van der Waals surface area contributed by atoms with E-state index in [0.29, 0.717) is 11.3 Å². The van der Waals surface area contributed by atoms with E-state index in [1.165, 1.54) is 26.5 Å². The number of amides is 12. The molecule has 36 nitrogen and oxygen atoms in total. The van der Waals surface area contributed by atoms with Crippen molar-refractivity contribution in [3.05, 3.63) is 65.7 Å². The van der Waals surface area contributed by atoms with Gasteiger partial charge in [-0.25, -0.2) is 4.79 Å². The van der Waals surface area contributed by atoms with Crippen LogP contribution in [0.4, 0.5) is 0 Å². The summed E-state index contributed by atoms with van der Waals surface area (Å²) < 4.78 is 5.11. The van der Waals surface area contributed by atoms with Crippen molar-refractivity contribution in [2.75, 3.05) is 84.3 Å². The maximum Gasteiger partial charge on any atom is 0.384 e. The van der Waals surface area contributed by atoms with Crippen molar-refractivity contribution in [1.29, 1.82) is 0 Å². The Hall–Kier alpha value is -8.59. The molecule has 0 saturated carbocycles. The SMILES string of the molecule is CCC(=O)N1CC(O)CC1C(=O)N1CC(O)CC1C(=O)N1CC(O)CC1C(=O)N1CC(O)CC1C(=O)N1CC(O)CC1C(=O)N1CC(O)CC1C(=O)N1CC(O)CC1C(=O)N1CC(O)CC1C(=O)N1CC(O)CC1C(=O)N1CC(O)CC1C(=O)NCCSSc1ccc(C(=O)NCC#CC(=O)OCc2ccccc2)cc1. The number of ether oxygens (including phenoxy) is 1. The second-order valence-electron chi connectivity index (χ2n) is 30.1. The van der Waals surface area contributed by atoms with Crippen LogP contribution in [0.15, 0.2) is 59.5 Å². The van der Waals surface area contributed by atoms with Gasteiger partial charge in [0.2, 0.25) is 65.0 Å². The van der Waals surface area contributed by atoms with Crippen molar-refractivity contribution in [1.82, 2.24) is 59.6 Å². The average Bonchev–Trinajstić information content (AvgIpc) is 1.63. The molecule has 10 fully saturated rings. The normalized spacial score (nSPS) is 31.8. The zero-order chi connectivity index (χ0) is 79.5. The predicted octanol–water partition coefficient (Wildman–Crippen LogP) is -6.95. The van der Waals surface area contributed by atoms with E-state index in [0.717, 1.165) is 54.6 Å². The van der Waals surface area contributed by atoms with Gasteiger partial charge in [-0.2, -0.15) is 0 Å². The molecule has 12 rings (SSSR count). The van der Waals surface area contributed by atoms with Gasteiger partial charge < -0.3 is 115 Å². The van der Waals surface area contributed by atoms with Crippen LogP contribution in [0, 0.1) is 11.8 Å². The largest absolute Gasteiger partial charge is 0.451 e. The Balaban J connectivity index is 0.646. The summed E-state index contributed by atoms with van der Waals surface area (Å²) in [5.41, 5.74) is 1.15. The zero-order valence-corrected chi connectivity index (χ0v) is 62.5. The monoisotopic (exact) mass is 1590 g/mol. The third-order valence-electron chi connectivity index (χ3n) is 22.3. The van der Waals surface area contributed by atoms with E-state index in [2.05, 4.69) is 22.5 Å². The van der Waals surface area contributed by atoms with Gasteiger partial charge in [-0.05, 0) is 29.8 Å². The van der Waals surface area contributed by atoms with Gasteiger partial charge in [-0.3, -0.25) is 57.5 Å². The van der Waals surface area contributed by atoms with Crippen LogP contribution in [0.5, 0.6) is 0 Å². The molecular weight excluding hydrogens is 1490 g/mol. The highest BCUT2D eigenvalue weighted by molar-refractivity contribution is 8.76. The Morgan fingerprint density at radius 3 is 0.991 bits per heavy atom. The topological polar surface area (TPSA) is 490 Å². The Kier molecular flexibility index (Phi) is 26.0. The van der Waals surface area contributed by atoms with Gasteiger partial charge in [0, 0.05) is 165 Å². The van der Waals surface area contributed by atoms with Crippen molar-refractivity contribution in [2.45, 2.75) is 211 Å². The highest BCUT2D eigenvalue weighted by Gasteiger charge is 2.57. The molecule has 2 aromatic carbocycles. The number of hydrogen-bond acceptors (Lipinski definition) is 26. The maximum absolute atomic E-state index is 15.0. The van der Waals surface area contributed by atoms with E-state index in [9.17, 15) is 104 Å². The van der Waals surface area contributed by atoms with Gasteiger partial charge in [0.05, 0.1) is 67.6 Å². The summed E-state index contributed by atoms with van der Waals surface area (Å²) in [6, 6.07) is 1.50. The van der Waals surface area contributed by atoms with Crippen molar-refractivity contribution in [3.8, 4) is 11.8 Å². The third-order valence-corrected chi connectivity index (χ3v) is 24.7. The molecule has 0 aromatic heterocycles. The Labute approximate surface area is 645 Å². The van der Waals surface area contributed by atoms with Crippen LogP contribution >= 0.6 is 21.6 Å². The lowest BCUT2D eigenvalue weighted by Gasteiger charge is -2.37. The number of likely N-dealkylation sites (tertiary alicyclic amines) is 10. The number of aliphatic hydroxyl groups excluding tert-OH is 10. The summed E-state index contributed by atoms with van der Waals surface area (Å²) in [6.07, 6.45) is -15.8. The minimum absolute atomic E-state index is 0.0228. The van der Waals surface area contributed by atoms with Crippen molar-refractivity contribution < 1.29 is 118 Å². The second kappa shape index (κ2) is 35.2. The van der Waals surface area contributed by atoms with Crippen LogP contribution in [0.1, 0.15) is 93.5 Å². The number of β-amino-alcohol motifs (C(OH)–C–C–N with tert-alkyl or cyclic N) is 10. The summed E-state index contributed by atoms with van der Waals surface area (Å²) in [5.74, 6) is -4.66. The van der Waals surface area contributed by atoms with E-state index in [1.807, 2.05) is 18.2 Å². The lowest BCUT2D eigenvalue weighted by atomic mass is 10.1. The molecule has 0 aliphatic carbocycles. The molecule has 0 bridgehead atoms. The highest BCUT2D eigenvalue weighted by Crippen LogP contribution is 2.38. The molecule has 10 aliphatic rings. The first-order valence-corrected chi connectivity index (χ1v) is 39.8. The zero-order valence-electron chi connectivity index (χ0n) is 60.9. The summed E-state index contributed by atoms with van der Waals surface area (Å²) in [7, 11) is 2.75. The number of carbonyl (C=O) groups excluding carboxylic acids is 13. The smallest absolute Gasteiger partial charge is 0.384 e. The maximum atomic E-state index is 15.0. The van der Waals surface area contributed by atoms with E-state index >= 15 is 9.59 Å². The number of aliphatic hydroxyl groups is 10. The molecule has 20 atom stereocenters. The number of nitrogens with one attached hydrogen (secondary N) is 2. The molecule has 111 heavy (non-hydrogen) atoms. The number of benzene rings is 2. The van der Waals surface area contributed by atoms with Crippen LogP contribution < -0.4 is 10.6 Å². The van der Waals surface area contributed by atoms with Gasteiger partial charge >= 0.3 is 5.97 Å². The second-order valence-corrected chi connectivity index (χ2v) is 32.6. The van der Waals surface area contributed by atoms with Gasteiger partial charge in [-0.15, -0.1) is 0 Å². The fraction of sp³-hybridized carbons (Fsp3) is 0.630. The number of rotatable bonds is 20. The molecule has 38 heteroatoms. The van der Waals surface area contributed by atoms with Gasteiger partial charge in [0.1, 0.15) is 67.0 Å². The Morgan fingerprint density at radius 1 is 0.387 bits per heavy atom. The third kappa shape index (κ3) is 18.1. The standard InChI is InChI=1S/C73H94N12O24S2/c1-2-61(96)76-27-41(87)18-52(76)65(100)78-29-43(89)20-54(78)67(102)80-31-45(91)22-56(80)69(104)82-33-47(93)24-58(82)71(106)84-35-49(95)26-60(84)73(108)85-36-48(94)25-59(85)72(107)83-34-46(92)23-57(83)70(105)81-32-44(90)21-55(81)68(103)79-30-42(88)19-53(79)66(101)77-28-40(86)17-51(77)64(99)75-15-16-110-111-50-12-10-39(11-13-50)63(98)74-14-6-9-62(97)109-37-38-7-4-3-5-8-38/h3-5,7-8,10-13,40-49,51-60,86-95H,2,14-37H2,1H3,(H,74,98)(H,75,99). The molecule has 10 aliphatic heterocycles. The molecule has 12 N–H and O–H groups in total. The summed E-state index contributed by atoms with van der Waals surface area (Å²) in [4.78, 5) is 196. The highest BCUT2D eigenvalue weighted by atomic mass is 33.1. The van der Waals surface area contributed by atoms with Crippen molar-refractivity contribution >= 4 is 98.4 Å². The van der Waals surface area contributed by atoms with Crippen LogP contribution in [0.3, 0.4) is 0 Å². The van der Waals surface area contributed by atoms with Gasteiger partial charge in [0.15, 0.2) is 0 Å². The molecule has 10 heterocycles. The number of carbonyl (C=O) groups is 13. The number of esters is 1. The molecule has 2 aromatic rings. The first-order chi connectivity index (χ1) is 53.0. The molecule has 20 unspecified atom stereocenters. The first kappa shape index (κ1) is 81.9. The molecule has 12 amide bonds. The minimum Gasteiger partial charge on any atom is -0.451 e. The lowest BCUT2D eigenvalue weighted by molar-refractivity contribution is -0.156. The van der Waals surface area contributed by atoms with Crippen molar-refractivity contribution in [2.24, 2.45) is 0 Å². The quantitative estimate of drug-likeness (QED) is 0.0193. The van der Waals surface area contributed by atoms with Crippen LogP contribution in [0.2, 0.25) is 0 Å². The predicted molar refractivity (Wildman–Crippen MR) is 386 cm³/mol. The van der Waals surface area contributed by atoms with E-state index in [4.69, 9.17) is 4.74 Å². The first-order valence-electron chi connectivity index (χ1n) is 37.5. The summed E-state index contributed by atoms with van der Waals surface area (Å²) in [5, 5.41) is 116. The molecule has 602 valence electrons. The van der Waals surface area contributed by atoms with Gasteiger partial charge in [-0.1, -0.05) is 64.8 Å². The molecule has 0 spiro atoms. The summed E-state index contributed by atoms with van der Waals surface area (Å²) in [6.45, 7) is -2.23. The average molecular weight is 1590 g/mol. The van der Waals surface area contributed by atoms with E-state index in [-0.39, 0.29) is 90.7 Å². The van der Waals surface area contributed by atoms with Crippen LogP contribution in [0.25, 0.3) is 0 Å². The van der Waals surface area contributed by atoms with E-state index in [1.54, 1.807) is 43.3 Å². The lowest BCUT2D eigenvalue weighted by Crippen LogP contribution is -2.59. The van der Waals surface area contributed by atoms with Crippen LogP contribution in [-0.4, -0.2) is 383 Å². The molecular formula is C73H94N12O24S2. The summed E-state index contributed by atoms with van der Waals surface area (Å²) >= 11 is 0. The Bertz CT molecular complexity index is 3950. The molecule has 0 radical (unpaired) electrons. The number of hydrogen-bond donors (Lipinski definition) is 12. The van der Waals surface area contributed by atoms with E-state index < -0.39 is 263 Å².